The van der Waals surface area contributed by atoms with Crippen LogP contribution in [0.15, 0.2) is 42.5 Å². The van der Waals surface area contributed by atoms with E-state index >= 15 is 0 Å². The first-order valence-electron chi connectivity index (χ1n) is 4.65. The van der Waals surface area contributed by atoms with Gasteiger partial charge in [0.15, 0.2) is 0 Å². The van der Waals surface area contributed by atoms with E-state index in [4.69, 9.17) is 11.6 Å². The molecular weight excluding hydrogens is 243 g/mol. The van der Waals surface area contributed by atoms with E-state index in [-0.39, 0.29) is 12.4 Å². The van der Waals surface area contributed by atoms with Gasteiger partial charge in [0, 0.05) is 0 Å². The molecule has 0 radical (unpaired) electrons. The van der Waals surface area contributed by atoms with Crippen molar-refractivity contribution >= 4 is 46.1 Å². The minimum Gasteiger partial charge on any atom is -0.244 e. The molecule has 0 spiro atoms. The Morgan fingerprint density at radius 2 is 1.38 bits per heavy atom. The minimum atomic E-state index is 0. The molecule has 0 saturated carbocycles. The number of rotatable bonds is 0. The second kappa shape index (κ2) is 4.24. The number of hydrogen-bond donors (Lipinski definition) is 0. The Morgan fingerprint density at radius 3 is 2.12 bits per heavy atom. The van der Waals surface area contributed by atoms with Crippen molar-refractivity contribution in [3.8, 4) is 0 Å². The lowest BCUT2D eigenvalue weighted by atomic mass is 10.2. The number of nitrogens with zero attached hydrogens (tertiary/aromatic N) is 2. The first kappa shape index (κ1) is 11.1. The lowest BCUT2D eigenvalue weighted by Gasteiger charge is -2.01. The fourth-order valence-electron chi connectivity index (χ4n) is 1.61. The summed E-state index contributed by atoms with van der Waals surface area (Å²) in [5, 5.41) is 0.644. The fourth-order valence-corrected chi connectivity index (χ4v) is 1.82. The zero-order chi connectivity index (χ0) is 10.3. The monoisotopic (exact) mass is 250 g/mol. The van der Waals surface area contributed by atoms with E-state index in [0.29, 0.717) is 5.02 Å². The van der Waals surface area contributed by atoms with E-state index in [1.54, 1.807) is 0 Å². The van der Waals surface area contributed by atoms with Crippen LogP contribution in [-0.2, 0) is 0 Å². The normalized spacial score (nSPS) is 10.3. The highest BCUT2D eigenvalue weighted by Crippen LogP contribution is 2.22. The van der Waals surface area contributed by atoms with Gasteiger partial charge in [-0.3, -0.25) is 0 Å². The molecule has 1 aromatic heterocycles. The number of aromatic nitrogens is 2. The van der Waals surface area contributed by atoms with Crippen molar-refractivity contribution in [2.24, 2.45) is 0 Å². The van der Waals surface area contributed by atoms with Gasteiger partial charge in [0.05, 0.1) is 21.6 Å². The summed E-state index contributed by atoms with van der Waals surface area (Å²) in [6.45, 7) is 0. The van der Waals surface area contributed by atoms with Gasteiger partial charge < -0.3 is 0 Å². The predicted molar refractivity (Wildman–Crippen MR) is 69.3 cm³/mol. The first-order valence-corrected chi connectivity index (χ1v) is 5.03. The summed E-state index contributed by atoms with van der Waals surface area (Å²) in [6, 6.07) is 13.4. The molecule has 0 fully saturated rings. The van der Waals surface area contributed by atoms with Crippen LogP contribution < -0.4 is 0 Å². The molecule has 0 atom stereocenters. The maximum absolute atomic E-state index is 6.05. The molecule has 0 aliphatic heterocycles. The second-order valence-corrected chi connectivity index (χ2v) is 3.73. The lowest BCUT2D eigenvalue weighted by Crippen LogP contribution is -1.87. The fraction of sp³-hybridized carbons (Fsp3) is 0. The molecule has 0 bridgehead atoms. The van der Waals surface area contributed by atoms with E-state index in [0.717, 1.165) is 22.1 Å². The average molecular weight is 251 g/mol. The molecule has 0 amide bonds. The molecule has 80 valence electrons. The van der Waals surface area contributed by atoms with Crippen molar-refractivity contribution in [3.63, 3.8) is 0 Å². The van der Waals surface area contributed by atoms with Gasteiger partial charge in [-0.05, 0) is 24.3 Å². The van der Waals surface area contributed by atoms with Crippen LogP contribution in [-0.4, -0.2) is 9.97 Å². The van der Waals surface area contributed by atoms with Crippen LogP contribution in [0.1, 0.15) is 0 Å². The van der Waals surface area contributed by atoms with Crippen molar-refractivity contribution in [2.75, 3.05) is 0 Å². The summed E-state index contributed by atoms with van der Waals surface area (Å²) in [5.74, 6) is 0. The predicted octanol–water partition coefficient (Wildman–Crippen LogP) is 3.86. The quantitative estimate of drug-likeness (QED) is 0.567. The van der Waals surface area contributed by atoms with Crippen LogP contribution >= 0.6 is 24.0 Å². The Labute approximate surface area is 104 Å². The summed E-state index contributed by atoms with van der Waals surface area (Å²) in [4.78, 5) is 8.97. The van der Waals surface area contributed by atoms with Crippen molar-refractivity contribution in [1.29, 1.82) is 0 Å². The average Bonchev–Trinajstić information content (AvgIpc) is 2.27. The highest BCUT2D eigenvalue weighted by molar-refractivity contribution is 6.35. The molecule has 4 heteroatoms. The third-order valence-corrected chi connectivity index (χ3v) is 2.63. The Kier molecular flexibility index (Phi) is 2.95. The van der Waals surface area contributed by atoms with Crippen LogP contribution in [0.5, 0.6) is 0 Å². The molecule has 3 aromatic rings. The van der Waals surface area contributed by atoms with Gasteiger partial charge in [0.2, 0.25) is 0 Å². The molecular formula is C12H8Cl2N2. The van der Waals surface area contributed by atoms with Crippen LogP contribution in [0.4, 0.5) is 0 Å². The molecule has 2 aromatic carbocycles. The number of benzene rings is 2. The van der Waals surface area contributed by atoms with E-state index in [1.165, 1.54) is 0 Å². The van der Waals surface area contributed by atoms with Gasteiger partial charge >= 0.3 is 0 Å². The first-order chi connectivity index (χ1) is 7.34. The smallest absolute Gasteiger partial charge is 0.108 e. The number of para-hydroxylation sites is 3. The summed E-state index contributed by atoms with van der Waals surface area (Å²) in [5.41, 5.74) is 3.37. The van der Waals surface area contributed by atoms with Crippen LogP contribution in [0.3, 0.4) is 0 Å². The molecule has 3 rings (SSSR count). The molecule has 16 heavy (non-hydrogen) atoms. The van der Waals surface area contributed by atoms with Gasteiger partial charge in [0.25, 0.3) is 0 Å². The van der Waals surface area contributed by atoms with Gasteiger partial charge in [-0.15, -0.1) is 12.4 Å². The minimum absolute atomic E-state index is 0. The van der Waals surface area contributed by atoms with Gasteiger partial charge in [-0.2, -0.15) is 0 Å². The zero-order valence-electron chi connectivity index (χ0n) is 8.22. The van der Waals surface area contributed by atoms with Crippen molar-refractivity contribution in [1.82, 2.24) is 9.97 Å². The maximum Gasteiger partial charge on any atom is 0.108 e. The van der Waals surface area contributed by atoms with Gasteiger partial charge in [-0.25, -0.2) is 9.97 Å². The highest BCUT2D eigenvalue weighted by atomic mass is 35.5. The van der Waals surface area contributed by atoms with Gasteiger partial charge in [0.1, 0.15) is 5.52 Å². The Hall–Kier alpha value is -1.38. The SMILES string of the molecule is Cl.Clc1cccc2nc3ccccc3nc12. The van der Waals surface area contributed by atoms with Gasteiger partial charge in [-0.1, -0.05) is 29.8 Å². The van der Waals surface area contributed by atoms with Crippen LogP contribution in [0.25, 0.3) is 22.1 Å². The summed E-state index contributed by atoms with van der Waals surface area (Å²) in [7, 11) is 0. The summed E-state index contributed by atoms with van der Waals surface area (Å²) >= 11 is 6.05. The molecule has 0 saturated heterocycles. The molecule has 0 aliphatic carbocycles. The Morgan fingerprint density at radius 1 is 0.750 bits per heavy atom. The Bertz CT molecular complexity index is 653. The van der Waals surface area contributed by atoms with Crippen molar-refractivity contribution in [3.05, 3.63) is 47.5 Å². The highest BCUT2D eigenvalue weighted by Gasteiger charge is 2.03. The van der Waals surface area contributed by atoms with E-state index in [2.05, 4.69) is 9.97 Å². The van der Waals surface area contributed by atoms with E-state index < -0.39 is 0 Å². The van der Waals surface area contributed by atoms with Crippen LogP contribution in [0, 0.1) is 0 Å². The lowest BCUT2D eigenvalue weighted by molar-refractivity contribution is 1.39. The summed E-state index contributed by atoms with van der Waals surface area (Å²) in [6.07, 6.45) is 0. The largest absolute Gasteiger partial charge is 0.244 e. The molecule has 0 N–H and O–H groups in total. The molecule has 0 unspecified atom stereocenters. The third kappa shape index (κ3) is 1.70. The second-order valence-electron chi connectivity index (χ2n) is 3.32. The topological polar surface area (TPSA) is 25.8 Å². The Balaban J connectivity index is 0.000000963. The molecule has 0 aliphatic rings. The standard InChI is InChI=1S/C12H7ClN2.ClH/c13-8-4-3-7-11-12(8)15-10-6-2-1-5-9(10)14-11;/h1-7H;1H. The van der Waals surface area contributed by atoms with E-state index in [1.807, 2.05) is 42.5 Å². The summed E-state index contributed by atoms with van der Waals surface area (Å²) < 4.78 is 0. The van der Waals surface area contributed by atoms with Crippen LogP contribution in [0.2, 0.25) is 5.02 Å². The molecule has 2 nitrogen and oxygen atoms in total. The number of hydrogen-bond acceptors (Lipinski definition) is 2. The number of halogens is 2. The zero-order valence-corrected chi connectivity index (χ0v) is 9.79. The number of fused-ring (bicyclic) bond motifs is 2. The molecule has 1 heterocycles. The van der Waals surface area contributed by atoms with Crippen molar-refractivity contribution < 1.29 is 0 Å². The maximum atomic E-state index is 6.05. The van der Waals surface area contributed by atoms with Crippen molar-refractivity contribution in [2.45, 2.75) is 0 Å². The van der Waals surface area contributed by atoms with E-state index in [9.17, 15) is 0 Å². The third-order valence-electron chi connectivity index (χ3n) is 2.32.